The summed E-state index contributed by atoms with van der Waals surface area (Å²) in [6, 6.07) is 8.19. The summed E-state index contributed by atoms with van der Waals surface area (Å²) in [7, 11) is 1.93. The Balaban J connectivity index is 2.20. The standard InChI is InChI=1S/C17H26N4OS/c1-6-20-13-9-7-8-10-14(13)21(16(20)23)12-19(5)11-15(22)18-17(2,3)4/h7-10H,6,11-12H2,1-5H3,(H,18,22). The van der Waals surface area contributed by atoms with Gasteiger partial charge in [-0.05, 0) is 59.1 Å². The first-order valence-electron chi connectivity index (χ1n) is 7.90. The van der Waals surface area contributed by atoms with E-state index in [1.807, 2.05) is 44.9 Å². The predicted molar refractivity (Wildman–Crippen MR) is 97.0 cm³/mol. The highest BCUT2D eigenvalue weighted by Gasteiger charge is 2.16. The van der Waals surface area contributed by atoms with Gasteiger partial charge in [-0.2, -0.15) is 0 Å². The number of benzene rings is 1. The summed E-state index contributed by atoms with van der Waals surface area (Å²) >= 11 is 5.61. The SMILES string of the molecule is CCn1c(=S)n(CN(C)CC(=O)NC(C)(C)C)c2ccccc21. The van der Waals surface area contributed by atoms with Crippen LogP contribution in [-0.4, -0.2) is 39.1 Å². The lowest BCUT2D eigenvalue weighted by atomic mass is 10.1. The van der Waals surface area contributed by atoms with Crippen LogP contribution >= 0.6 is 12.2 Å². The van der Waals surface area contributed by atoms with E-state index in [9.17, 15) is 4.79 Å². The number of nitrogens with one attached hydrogen (secondary N) is 1. The molecule has 0 bridgehead atoms. The van der Waals surface area contributed by atoms with E-state index in [-0.39, 0.29) is 11.4 Å². The molecule has 0 radical (unpaired) electrons. The number of imidazole rings is 1. The smallest absolute Gasteiger partial charge is 0.234 e. The van der Waals surface area contributed by atoms with Gasteiger partial charge in [-0.1, -0.05) is 12.1 Å². The monoisotopic (exact) mass is 334 g/mol. The summed E-state index contributed by atoms with van der Waals surface area (Å²) < 4.78 is 4.99. The Kier molecular flexibility index (Phi) is 5.26. The maximum absolute atomic E-state index is 12.1. The largest absolute Gasteiger partial charge is 0.350 e. The number of nitrogens with zero attached hydrogens (tertiary/aromatic N) is 3. The highest BCUT2D eigenvalue weighted by molar-refractivity contribution is 7.71. The lowest BCUT2D eigenvalue weighted by molar-refractivity contribution is -0.123. The number of likely N-dealkylation sites (N-methyl/N-ethyl adjacent to an activating group) is 1. The fourth-order valence-electron chi connectivity index (χ4n) is 2.71. The highest BCUT2D eigenvalue weighted by atomic mass is 32.1. The van der Waals surface area contributed by atoms with E-state index in [1.54, 1.807) is 0 Å². The Morgan fingerprint density at radius 2 is 1.78 bits per heavy atom. The molecule has 23 heavy (non-hydrogen) atoms. The molecule has 2 aromatic rings. The molecule has 0 atom stereocenters. The molecule has 0 fully saturated rings. The number of carbonyl (C=O) groups excluding carboxylic acids is 1. The molecular formula is C17H26N4OS. The summed E-state index contributed by atoms with van der Waals surface area (Å²) in [5.74, 6) is 0.0192. The molecule has 1 amide bonds. The lowest BCUT2D eigenvalue weighted by Gasteiger charge is -2.23. The molecular weight excluding hydrogens is 308 g/mol. The molecule has 1 aromatic carbocycles. The summed E-state index contributed by atoms with van der Waals surface area (Å²) in [4.78, 5) is 14.1. The molecule has 126 valence electrons. The van der Waals surface area contributed by atoms with E-state index in [4.69, 9.17) is 12.2 Å². The van der Waals surface area contributed by atoms with Gasteiger partial charge < -0.3 is 14.5 Å². The second-order valence-corrected chi connectivity index (χ2v) is 7.26. The maximum atomic E-state index is 12.1. The van der Waals surface area contributed by atoms with Crippen molar-refractivity contribution in [3.05, 3.63) is 29.0 Å². The normalized spacial score (nSPS) is 12.1. The third kappa shape index (κ3) is 4.20. The van der Waals surface area contributed by atoms with Crippen molar-refractivity contribution in [3.63, 3.8) is 0 Å². The van der Waals surface area contributed by atoms with Crippen LogP contribution in [0.1, 0.15) is 27.7 Å². The van der Waals surface area contributed by atoms with Crippen LogP contribution in [0, 0.1) is 4.77 Å². The molecule has 1 heterocycles. The van der Waals surface area contributed by atoms with Gasteiger partial charge in [0.1, 0.15) is 0 Å². The van der Waals surface area contributed by atoms with Gasteiger partial charge in [0.05, 0.1) is 24.2 Å². The van der Waals surface area contributed by atoms with E-state index in [0.29, 0.717) is 13.2 Å². The first-order chi connectivity index (χ1) is 10.7. The van der Waals surface area contributed by atoms with E-state index < -0.39 is 0 Å². The Morgan fingerprint density at radius 1 is 1.22 bits per heavy atom. The molecule has 0 saturated carbocycles. The zero-order chi connectivity index (χ0) is 17.2. The van der Waals surface area contributed by atoms with Crippen LogP contribution in [0.25, 0.3) is 11.0 Å². The van der Waals surface area contributed by atoms with Gasteiger partial charge in [0.2, 0.25) is 5.91 Å². The van der Waals surface area contributed by atoms with Crippen molar-refractivity contribution >= 4 is 29.2 Å². The van der Waals surface area contributed by atoms with Crippen molar-refractivity contribution in [1.82, 2.24) is 19.4 Å². The molecule has 0 spiro atoms. The molecule has 1 N–H and O–H groups in total. The Morgan fingerprint density at radius 3 is 2.30 bits per heavy atom. The van der Waals surface area contributed by atoms with Crippen LogP contribution in [0.15, 0.2) is 24.3 Å². The van der Waals surface area contributed by atoms with Crippen LogP contribution in [0.3, 0.4) is 0 Å². The number of hydrogen-bond acceptors (Lipinski definition) is 3. The summed E-state index contributed by atoms with van der Waals surface area (Å²) in [5, 5.41) is 2.98. The predicted octanol–water partition coefficient (Wildman–Crippen LogP) is 3.00. The quantitative estimate of drug-likeness (QED) is 0.855. The zero-order valence-corrected chi connectivity index (χ0v) is 15.4. The molecule has 2 rings (SSSR count). The maximum Gasteiger partial charge on any atom is 0.234 e. The van der Waals surface area contributed by atoms with Crippen molar-refractivity contribution in [2.24, 2.45) is 0 Å². The van der Waals surface area contributed by atoms with Gasteiger partial charge in [0.25, 0.3) is 0 Å². The average Bonchev–Trinajstić information content (AvgIpc) is 2.69. The Bertz CT molecular complexity index is 754. The Labute approximate surface area is 142 Å². The van der Waals surface area contributed by atoms with E-state index in [0.717, 1.165) is 22.3 Å². The van der Waals surface area contributed by atoms with E-state index in [1.165, 1.54) is 0 Å². The van der Waals surface area contributed by atoms with Crippen molar-refractivity contribution < 1.29 is 4.79 Å². The molecule has 0 aliphatic rings. The third-order valence-electron chi connectivity index (χ3n) is 3.55. The number of aromatic nitrogens is 2. The molecule has 1 aromatic heterocycles. The second-order valence-electron chi connectivity index (χ2n) is 6.90. The minimum Gasteiger partial charge on any atom is -0.350 e. The first kappa shape index (κ1) is 17.7. The molecule has 6 heteroatoms. The second kappa shape index (κ2) is 6.84. The van der Waals surface area contributed by atoms with Gasteiger partial charge in [0.15, 0.2) is 4.77 Å². The van der Waals surface area contributed by atoms with Crippen LogP contribution in [0.4, 0.5) is 0 Å². The summed E-state index contributed by atoms with van der Waals surface area (Å²) in [6.07, 6.45) is 0. The number of aryl methyl sites for hydroxylation is 1. The minimum absolute atomic E-state index is 0.0192. The van der Waals surface area contributed by atoms with Crippen LogP contribution < -0.4 is 5.32 Å². The summed E-state index contributed by atoms with van der Waals surface area (Å²) in [5.41, 5.74) is 2.02. The van der Waals surface area contributed by atoms with Crippen LogP contribution in [-0.2, 0) is 18.0 Å². The van der Waals surface area contributed by atoms with E-state index >= 15 is 0 Å². The molecule has 0 aliphatic heterocycles. The number of carbonyl (C=O) groups is 1. The zero-order valence-electron chi connectivity index (χ0n) is 14.6. The Hall–Kier alpha value is -1.66. The minimum atomic E-state index is -0.216. The number of amides is 1. The lowest BCUT2D eigenvalue weighted by Crippen LogP contribution is -2.45. The average molecular weight is 334 g/mol. The number of para-hydroxylation sites is 2. The van der Waals surface area contributed by atoms with E-state index in [2.05, 4.69) is 33.5 Å². The number of fused-ring (bicyclic) bond motifs is 1. The van der Waals surface area contributed by atoms with Crippen LogP contribution in [0.2, 0.25) is 0 Å². The fraction of sp³-hybridized carbons (Fsp3) is 0.529. The van der Waals surface area contributed by atoms with Gasteiger partial charge in [-0.15, -0.1) is 0 Å². The molecule has 0 saturated heterocycles. The number of hydrogen-bond donors (Lipinski definition) is 1. The van der Waals surface area contributed by atoms with Crippen molar-refractivity contribution in [1.29, 1.82) is 0 Å². The third-order valence-corrected chi connectivity index (χ3v) is 3.99. The topological polar surface area (TPSA) is 42.2 Å². The fourth-order valence-corrected chi connectivity index (χ4v) is 3.09. The number of rotatable bonds is 5. The first-order valence-corrected chi connectivity index (χ1v) is 8.31. The molecule has 5 nitrogen and oxygen atoms in total. The van der Waals surface area contributed by atoms with Gasteiger partial charge in [-0.25, -0.2) is 0 Å². The van der Waals surface area contributed by atoms with Gasteiger partial charge in [-0.3, -0.25) is 9.69 Å². The van der Waals surface area contributed by atoms with Crippen molar-refractivity contribution in [2.75, 3.05) is 13.6 Å². The highest BCUT2D eigenvalue weighted by Crippen LogP contribution is 2.18. The molecule has 0 aliphatic carbocycles. The summed E-state index contributed by atoms with van der Waals surface area (Å²) in [6.45, 7) is 9.80. The van der Waals surface area contributed by atoms with Crippen LogP contribution in [0.5, 0.6) is 0 Å². The van der Waals surface area contributed by atoms with Crippen molar-refractivity contribution in [2.45, 2.75) is 46.4 Å². The van der Waals surface area contributed by atoms with Gasteiger partial charge in [0, 0.05) is 12.1 Å². The van der Waals surface area contributed by atoms with Crippen molar-refractivity contribution in [3.8, 4) is 0 Å². The van der Waals surface area contributed by atoms with Gasteiger partial charge >= 0.3 is 0 Å². The molecule has 0 unspecified atom stereocenters.